The molecule has 3 N–H and O–H groups in total. The number of carbonyl (C=O) groups excluding carboxylic acids is 1. The molecule has 0 unspecified atom stereocenters. The SMILES string of the molecule is N[C@@]1(Cc2ccccc2)CNC1=O. The molecule has 0 aromatic heterocycles. The number of β-lactam (4-membered cyclic amide) rings is 1. The van der Waals surface area contributed by atoms with Crippen LogP contribution < -0.4 is 11.1 Å². The van der Waals surface area contributed by atoms with E-state index in [4.69, 9.17) is 5.73 Å². The van der Waals surface area contributed by atoms with Crippen molar-refractivity contribution in [2.24, 2.45) is 5.73 Å². The first-order valence-electron chi connectivity index (χ1n) is 4.32. The zero-order chi connectivity index (χ0) is 9.31. The molecular formula is C10H12N2O. The van der Waals surface area contributed by atoms with Gasteiger partial charge in [-0.3, -0.25) is 4.79 Å². The van der Waals surface area contributed by atoms with Crippen LogP contribution in [0.15, 0.2) is 30.3 Å². The van der Waals surface area contributed by atoms with Crippen molar-refractivity contribution in [1.29, 1.82) is 0 Å². The normalized spacial score (nSPS) is 26.4. The minimum Gasteiger partial charge on any atom is -0.352 e. The van der Waals surface area contributed by atoms with Crippen molar-refractivity contribution in [2.45, 2.75) is 12.0 Å². The van der Waals surface area contributed by atoms with E-state index in [0.717, 1.165) is 5.56 Å². The minimum atomic E-state index is -0.665. The highest BCUT2D eigenvalue weighted by Gasteiger charge is 2.42. The summed E-state index contributed by atoms with van der Waals surface area (Å²) >= 11 is 0. The summed E-state index contributed by atoms with van der Waals surface area (Å²) in [6, 6.07) is 9.83. The van der Waals surface area contributed by atoms with Gasteiger partial charge < -0.3 is 11.1 Å². The monoisotopic (exact) mass is 176 g/mol. The maximum Gasteiger partial charge on any atom is 0.242 e. The average Bonchev–Trinajstić information content (AvgIpc) is 2.17. The summed E-state index contributed by atoms with van der Waals surface area (Å²) in [5.74, 6) is -0.0450. The second-order valence-corrected chi connectivity index (χ2v) is 3.50. The Kier molecular flexibility index (Phi) is 1.81. The van der Waals surface area contributed by atoms with Crippen LogP contribution in [0.5, 0.6) is 0 Å². The van der Waals surface area contributed by atoms with E-state index in [2.05, 4.69) is 5.32 Å². The molecule has 13 heavy (non-hydrogen) atoms. The zero-order valence-corrected chi connectivity index (χ0v) is 7.29. The van der Waals surface area contributed by atoms with E-state index in [0.29, 0.717) is 13.0 Å². The summed E-state index contributed by atoms with van der Waals surface area (Å²) in [4.78, 5) is 11.1. The number of rotatable bonds is 2. The Morgan fingerprint density at radius 3 is 2.54 bits per heavy atom. The summed E-state index contributed by atoms with van der Waals surface area (Å²) in [7, 11) is 0. The van der Waals surface area contributed by atoms with E-state index in [1.807, 2.05) is 30.3 Å². The summed E-state index contributed by atoms with van der Waals surface area (Å²) in [6.07, 6.45) is 0.625. The molecule has 1 aliphatic heterocycles. The number of hydrogen-bond donors (Lipinski definition) is 2. The fraction of sp³-hybridized carbons (Fsp3) is 0.300. The van der Waals surface area contributed by atoms with Crippen LogP contribution in [0.1, 0.15) is 5.56 Å². The molecule has 2 rings (SSSR count). The lowest BCUT2D eigenvalue weighted by molar-refractivity contribution is -0.133. The number of hydrogen-bond acceptors (Lipinski definition) is 2. The lowest BCUT2D eigenvalue weighted by atomic mass is 9.85. The number of benzene rings is 1. The fourth-order valence-corrected chi connectivity index (χ4v) is 1.49. The summed E-state index contributed by atoms with van der Waals surface area (Å²) in [5, 5.41) is 2.66. The minimum absolute atomic E-state index is 0.0450. The molecule has 3 heteroatoms. The Labute approximate surface area is 76.9 Å². The molecule has 0 radical (unpaired) electrons. The van der Waals surface area contributed by atoms with Gasteiger partial charge in [-0.05, 0) is 5.56 Å². The second-order valence-electron chi connectivity index (χ2n) is 3.50. The molecule has 68 valence electrons. The van der Waals surface area contributed by atoms with Gasteiger partial charge >= 0.3 is 0 Å². The molecule has 1 atom stereocenters. The van der Waals surface area contributed by atoms with Gasteiger partial charge in [-0.15, -0.1) is 0 Å². The van der Waals surface area contributed by atoms with E-state index in [1.165, 1.54) is 0 Å². The predicted molar refractivity (Wildman–Crippen MR) is 50.1 cm³/mol. The van der Waals surface area contributed by atoms with Gasteiger partial charge in [0.15, 0.2) is 0 Å². The smallest absolute Gasteiger partial charge is 0.242 e. The summed E-state index contributed by atoms with van der Waals surface area (Å²) < 4.78 is 0. The van der Waals surface area contributed by atoms with Crippen LogP contribution in [0.25, 0.3) is 0 Å². The second kappa shape index (κ2) is 2.85. The largest absolute Gasteiger partial charge is 0.352 e. The van der Waals surface area contributed by atoms with Gasteiger partial charge in [0.2, 0.25) is 5.91 Å². The zero-order valence-electron chi connectivity index (χ0n) is 7.29. The van der Waals surface area contributed by atoms with E-state index in [9.17, 15) is 4.79 Å². The van der Waals surface area contributed by atoms with Crippen LogP contribution >= 0.6 is 0 Å². The predicted octanol–water partition coefficient (Wildman–Crippen LogP) is 0.0564. The molecular weight excluding hydrogens is 164 g/mol. The number of carbonyl (C=O) groups is 1. The van der Waals surface area contributed by atoms with Crippen molar-refractivity contribution in [1.82, 2.24) is 5.32 Å². The van der Waals surface area contributed by atoms with Crippen molar-refractivity contribution in [2.75, 3.05) is 6.54 Å². The van der Waals surface area contributed by atoms with Gasteiger partial charge in [0.1, 0.15) is 5.54 Å². The molecule has 0 bridgehead atoms. The molecule has 1 amide bonds. The van der Waals surface area contributed by atoms with Crippen LogP contribution in [0, 0.1) is 0 Å². The lowest BCUT2D eigenvalue weighted by Gasteiger charge is -2.37. The first-order chi connectivity index (χ1) is 6.21. The van der Waals surface area contributed by atoms with Crippen LogP contribution in [-0.2, 0) is 11.2 Å². The molecule has 0 aliphatic carbocycles. The van der Waals surface area contributed by atoms with Gasteiger partial charge in [0, 0.05) is 13.0 Å². The van der Waals surface area contributed by atoms with Gasteiger partial charge in [0.05, 0.1) is 0 Å². The maximum absolute atomic E-state index is 11.1. The molecule has 1 aliphatic rings. The van der Waals surface area contributed by atoms with Crippen LogP contribution in [-0.4, -0.2) is 18.0 Å². The number of nitrogens with one attached hydrogen (secondary N) is 1. The molecule has 0 saturated carbocycles. The Balaban J connectivity index is 2.11. The Morgan fingerprint density at radius 2 is 2.08 bits per heavy atom. The van der Waals surface area contributed by atoms with E-state index in [-0.39, 0.29) is 5.91 Å². The van der Waals surface area contributed by atoms with Gasteiger partial charge in [-0.1, -0.05) is 30.3 Å². The summed E-state index contributed by atoms with van der Waals surface area (Å²) in [6.45, 7) is 0.584. The van der Waals surface area contributed by atoms with E-state index >= 15 is 0 Å². The third-order valence-electron chi connectivity index (χ3n) is 2.38. The molecule has 1 aromatic rings. The topological polar surface area (TPSA) is 55.1 Å². The molecule has 1 saturated heterocycles. The number of amides is 1. The third kappa shape index (κ3) is 1.42. The van der Waals surface area contributed by atoms with Crippen molar-refractivity contribution >= 4 is 5.91 Å². The van der Waals surface area contributed by atoms with E-state index in [1.54, 1.807) is 0 Å². The fourth-order valence-electron chi connectivity index (χ4n) is 1.49. The lowest BCUT2D eigenvalue weighted by Crippen LogP contribution is -2.71. The van der Waals surface area contributed by atoms with Crippen molar-refractivity contribution in [3.05, 3.63) is 35.9 Å². The van der Waals surface area contributed by atoms with Crippen molar-refractivity contribution < 1.29 is 4.79 Å². The maximum atomic E-state index is 11.1. The van der Waals surface area contributed by atoms with Gasteiger partial charge in [0.25, 0.3) is 0 Å². The van der Waals surface area contributed by atoms with Gasteiger partial charge in [-0.2, -0.15) is 0 Å². The number of nitrogens with two attached hydrogens (primary N) is 1. The average molecular weight is 176 g/mol. The van der Waals surface area contributed by atoms with Crippen LogP contribution in [0.3, 0.4) is 0 Å². The summed E-state index contributed by atoms with van der Waals surface area (Å²) in [5.41, 5.74) is 6.31. The van der Waals surface area contributed by atoms with Crippen molar-refractivity contribution in [3.63, 3.8) is 0 Å². The standard InChI is InChI=1S/C10H12N2O/c11-10(7-12-9(10)13)6-8-4-2-1-3-5-8/h1-5H,6-7,11H2,(H,12,13)/t10-/m0/s1. The first-order valence-corrected chi connectivity index (χ1v) is 4.32. The first kappa shape index (κ1) is 8.26. The van der Waals surface area contributed by atoms with E-state index < -0.39 is 5.54 Å². The van der Waals surface area contributed by atoms with Crippen molar-refractivity contribution in [3.8, 4) is 0 Å². The Bertz CT molecular complexity index is 323. The van der Waals surface area contributed by atoms with Crippen LogP contribution in [0.2, 0.25) is 0 Å². The van der Waals surface area contributed by atoms with Gasteiger partial charge in [-0.25, -0.2) is 0 Å². The Morgan fingerprint density at radius 1 is 1.38 bits per heavy atom. The molecule has 1 fully saturated rings. The Hall–Kier alpha value is -1.35. The third-order valence-corrected chi connectivity index (χ3v) is 2.38. The highest BCUT2D eigenvalue weighted by Crippen LogP contribution is 2.15. The molecule has 1 aromatic carbocycles. The molecule has 0 spiro atoms. The highest BCUT2D eigenvalue weighted by molar-refractivity contribution is 5.92. The quantitative estimate of drug-likeness (QED) is 0.626. The highest BCUT2D eigenvalue weighted by atomic mass is 16.2. The van der Waals surface area contributed by atoms with Crippen LogP contribution in [0.4, 0.5) is 0 Å². The molecule has 1 heterocycles. The molecule has 3 nitrogen and oxygen atoms in total.